The monoisotopic (exact) mass is 351 g/mol. The van der Waals surface area contributed by atoms with Crippen molar-refractivity contribution >= 4 is 23.3 Å². The first-order chi connectivity index (χ1) is 12.3. The summed E-state index contributed by atoms with van der Waals surface area (Å²) < 4.78 is 0. The van der Waals surface area contributed by atoms with E-state index in [1.165, 1.54) is 5.56 Å². The minimum atomic E-state index is -0.279. The highest BCUT2D eigenvalue weighted by Gasteiger charge is 2.31. The van der Waals surface area contributed by atoms with Gasteiger partial charge in [-0.05, 0) is 68.1 Å². The average Bonchev–Trinajstić information content (AvgIpc) is 2.93. The van der Waals surface area contributed by atoms with Gasteiger partial charge in [0.2, 0.25) is 5.91 Å². The molecule has 1 atom stereocenters. The van der Waals surface area contributed by atoms with E-state index in [1.807, 2.05) is 64.1 Å². The van der Waals surface area contributed by atoms with Crippen LogP contribution in [0.15, 0.2) is 36.4 Å². The molecule has 3 amide bonds. The van der Waals surface area contributed by atoms with E-state index < -0.39 is 0 Å². The van der Waals surface area contributed by atoms with Crippen molar-refractivity contribution in [3.05, 3.63) is 58.7 Å². The highest BCUT2D eigenvalue weighted by molar-refractivity contribution is 5.98. The van der Waals surface area contributed by atoms with Crippen LogP contribution in [0.2, 0.25) is 0 Å². The van der Waals surface area contributed by atoms with Crippen LogP contribution in [0.3, 0.4) is 0 Å². The van der Waals surface area contributed by atoms with Gasteiger partial charge in [-0.1, -0.05) is 18.2 Å². The first-order valence-electron chi connectivity index (χ1n) is 8.86. The van der Waals surface area contributed by atoms with Gasteiger partial charge in [0.05, 0.1) is 6.04 Å². The summed E-state index contributed by atoms with van der Waals surface area (Å²) in [6.45, 7) is 8.51. The van der Waals surface area contributed by atoms with Crippen LogP contribution in [-0.4, -0.2) is 24.5 Å². The van der Waals surface area contributed by atoms with E-state index in [-0.39, 0.29) is 18.0 Å². The van der Waals surface area contributed by atoms with Crippen LogP contribution >= 0.6 is 0 Å². The van der Waals surface area contributed by atoms with Crippen molar-refractivity contribution in [1.29, 1.82) is 0 Å². The molecule has 2 aromatic rings. The van der Waals surface area contributed by atoms with Gasteiger partial charge in [-0.2, -0.15) is 0 Å². The van der Waals surface area contributed by atoms with E-state index in [1.54, 1.807) is 4.90 Å². The highest BCUT2D eigenvalue weighted by Crippen LogP contribution is 2.24. The Morgan fingerprint density at radius 2 is 1.73 bits per heavy atom. The highest BCUT2D eigenvalue weighted by atomic mass is 16.2. The van der Waals surface area contributed by atoms with Crippen molar-refractivity contribution in [1.82, 2.24) is 5.32 Å². The smallest absolute Gasteiger partial charge is 0.319 e. The molecule has 0 aliphatic carbocycles. The topological polar surface area (TPSA) is 61.4 Å². The molecule has 1 aliphatic rings. The molecule has 26 heavy (non-hydrogen) atoms. The normalized spacial score (nSPS) is 16.7. The minimum Gasteiger partial charge on any atom is -0.333 e. The number of anilines is 2. The van der Waals surface area contributed by atoms with Crippen molar-refractivity contribution in [2.24, 2.45) is 0 Å². The van der Waals surface area contributed by atoms with Gasteiger partial charge in [-0.25, -0.2) is 4.79 Å². The molecule has 5 nitrogen and oxygen atoms in total. The SMILES string of the molecule is Cc1ccc(C)c(NC(=O)N[C@@H]2CC(=O)N(c3ccc(C)c(C)c3)C2)c1. The minimum absolute atomic E-state index is 0.0327. The third-order valence-corrected chi connectivity index (χ3v) is 4.90. The van der Waals surface area contributed by atoms with E-state index in [4.69, 9.17) is 0 Å². The zero-order chi connectivity index (χ0) is 18.8. The number of hydrogen-bond donors (Lipinski definition) is 2. The molecule has 1 aliphatic heterocycles. The summed E-state index contributed by atoms with van der Waals surface area (Å²) in [7, 11) is 0. The molecule has 3 rings (SSSR count). The molecule has 136 valence electrons. The molecule has 0 saturated carbocycles. The Bertz CT molecular complexity index is 860. The standard InChI is InChI=1S/C21H25N3O2/c1-13-5-6-15(3)19(9-13)23-21(26)22-17-11-20(25)24(12-17)18-8-7-14(2)16(4)10-18/h5-10,17H,11-12H2,1-4H3,(H2,22,23,26)/t17-/m1/s1. The van der Waals surface area contributed by atoms with Gasteiger partial charge in [0.15, 0.2) is 0 Å². The van der Waals surface area contributed by atoms with E-state index in [0.717, 1.165) is 28.1 Å². The van der Waals surface area contributed by atoms with Crippen LogP contribution in [0.4, 0.5) is 16.2 Å². The van der Waals surface area contributed by atoms with Crippen molar-refractivity contribution in [2.45, 2.75) is 40.2 Å². The van der Waals surface area contributed by atoms with Gasteiger partial charge in [-0.15, -0.1) is 0 Å². The fourth-order valence-electron chi connectivity index (χ4n) is 3.16. The molecule has 1 saturated heterocycles. The summed E-state index contributed by atoms with van der Waals surface area (Å²) in [4.78, 5) is 26.4. The number of nitrogens with zero attached hydrogens (tertiary/aromatic N) is 1. The Kier molecular flexibility index (Phi) is 4.98. The maximum Gasteiger partial charge on any atom is 0.319 e. The number of hydrogen-bond acceptors (Lipinski definition) is 2. The van der Waals surface area contributed by atoms with Crippen molar-refractivity contribution < 1.29 is 9.59 Å². The summed E-state index contributed by atoms with van der Waals surface area (Å²) in [6, 6.07) is 11.4. The maximum atomic E-state index is 12.4. The Labute approximate surface area is 154 Å². The predicted molar refractivity (Wildman–Crippen MR) is 105 cm³/mol. The second kappa shape index (κ2) is 7.20. The molecule has 0 radical (unpaired) electrons. The largest absolute Gasteiger partial charge is 0.333 e. The van der Waals surface area contributed by atoms with E-state index in [0.29, 0.717) is 13.0 Å². The fraction of sp³-hybridized carbons (Fsp3) is 0.333. The Morgan fingerprint density at radius 3 is 2.46 bits per heavy atom. The first kappa shape index (κ1) is 18.0. The number of carbonyl (C=O) groups is 2. The van der Waals surface area contributed by atoms with Gasteiger partial charge in [0.25, 0.3) is 0 Å². The lowest BCUT2D eigenvalue weighted by Gasteiger charge is -2.19. The molecule has 1 heterocycles. The van der Waals surface area contributed by atoms with Crippen molar-refractivity contribution in [3.63, 3.8) is 0 Å². The lowest BCUT2D eigenvalue weighted by molar-refractivity contribution is -0.117. The Morgan fingerprint density at radius 1 is 1.00 bits per heavy atom. The average molecular weight is 351 g/mol. The predicted octanol–water partition coefficient (Wildman–Crippen LogP) is 3.85. The molecule has 0 aromatic heterocycles. The van der Waals surface area contributed by atoms with Crippen LogP contribution < -0.4 is 15.5 Å². The number of benzene rings is 2. The molecule has 0 bridgehead atoms. The Hall–Kier alpha value is -2.82. The molecule has 2 aromatic carbocycles. The second-order valence-corrected chi connectivity index (χ2v) is 7.09. The lowest BCUT2D eigenvalue weighted by Crippen LogP contribution is -2.39. The van der Waals surface area contributed by atoms with E-state index >= 15 is 0 Å². The number of aryl methyl sites for hydroxylation is 4. The Balaban J connectivity index is 1.64. The van der Waals surface area contributed by atoms with Gasteiger partial charge >= 0.3 is 6.03 Å². The van der Waals surface area contributed by atoms with Crippen LogP contribution in [0.5, 0.6) is 0 Å². The van der Waals surface area contributed by atoms with E-state index in [2.05, 4.69) is 10.6 Å². The zero-order valence-electron chi connectivity index (χ0n) is 15.7. The summed E-state index contributed by atoms with van der Waals surface area (Å²) >= 11 is 0. The number of carbonyl (C=O) groups excluding carboxylic acids is 2. The van der Waals surface area contributed by atoms with Crippen LogP contribution in [-0.2, 0) is 4.79 Å². The molecule has 0 unspecified atom stereocenters. The number of urea groups is 1. The summed E-state index contributed by atoms with van der Waals surface area (Å²) in [6.07, 6.45) is 0.313. The molecular formula is C21H25N3O2. The third-order valence-electron chi connectivity index (χ3n) is 4.90. The van der Waals surface area contributed by atoms with Gasteiger partial charge in [-0.3, -0.25) is 4.79 Å². The van der Waals surface area contributed by atoms with E-state index in [9.17, 15) is 9.59 Å². The van der Waals surface area contributed by atoms with Gasteiger partial charge in [0.1, 0.15) is 0 Å². The van der Waals surface area contributed by atoms with Crippen LogP contribution in [0, 0.1) is 27.7 Å². The first-order valence-corrected chi connectivity index (χ1v) is 8.86. The summed E-state index contributed by atoms with van der Waals surface area (Å²) in [5.41, 5.74) is 6.12. The molecular weight excluding hydrogens is 326 g/mol. The number of nitrogens with one attached hydrogen (secondary N) is 2. The molecule has 2 N–H and O–H groups in total. The van der Waals surface area contributed by atoms with Crippen molar-refractivity contribution in [2.75, 3.05) is 16.8 Å². The quantitative estimate of drug-likeness (QED) is 0.882. The van der Waals surface area contributed by atoms with Gasteiger partial charge < -0.3 is 15.5 Å². The summed E-state index contributed by atoms with van der Waals surface area (Å²) in [5.74, 6) is 0.0327. The number of rotatable bonds is 3. The molecule has 1 fully saturated rings. The van der Waals surface area contributed by atoms with Crippen molar-refractivity contribution in [3.8, 4) is 0 Å². The lowest BCUT2D eigenvalue weighted by atomic mass is 10.1. The van der Waals surface area contributed by atoms with Crippen LogP contribution in [0.25, 0.3) is 0 Å². The maximum absolute atomic E-state index is 12.4. The zero-order valence-corrected chi connectivity index (χ0v) is 15.7. The van der Waals surface area contributed by atoms with Gasteiger partial charge in [0, 0.05) is 24.3 Å². The number of amides is 3. The third kappa shape index (κ3) is 3.87. The molecule has 0 spiro atoms. The summed E-state index contributed by atoms with van der Waals surface area (Å²) in [5, 5.41) is 5.80. The second-order valence-electron chi connectivity index (χ2n) is 7.09. The molecule has 5 heteroatoms. The van der Waals surface area contributed by atoms with Crippen LogP contribution in [0.1, 0.15) is 28.7 Å². The fourth-order valence-corrected chi connectivity index (χ4v) is 3.16.